The lowest BCUT2D eigenvalue weighted by Crippen LogP contribution is -2.40. The highest BCUT2D eigenvalue weighted by Crippen LogP contribution is 2.48. The Morgan fingerprint density at radius 3 is 2.94 bits per heavy atom. The topological polar surface area (TPSA) is 29.1 Å². The normalized spacial score (nSPS) is 29.9. The third-order valence-corrected chi connectivity index (χ3v) is 4.58. The van der Waals surface area contributed by atoms with Gasteiger partial charge in [-0.2, -0.15) is 0 Å². The third-order valence-electron chi connectivity index (χ3n) is 4.58. The summed E-state index contributed by atoms with van der Waals surface area (Å²) < 4.78 is 0. The Bertz CT molecular complexity index is 480. The minimum atomic E-state index is 0.0813. The van der Waals surface area contributed by atoms with Crippen LogP contribution in [0.5, 0.6) is 0 Å². The van der Waals surface area contributed by atoms with Crippen LogP contribution in [-0.2, 0) is 16.6 Å². The second-order valence-electron chi connectivity index (χ2n) is 6.24. The van der Waals surface area contributed by atoms with Crippen LogP contribution in [0.25, 0.3) is 0 Å². The lowest BCUT2D eigenvalue weighted by molar-refractivity contribution is -0.119. The monoisotopic (exact) mass is 243 g/mol. The minimum absolute atomic E-state index is 0.0813. The molecule has 1 N–H and O–H groups in total. The van der Waals surface area contributed by atoms with Gasteiger partial charge in [-0.25, -0.2) is 0 Å². The zero-order valence-corrected chi connectivity index (χ0v) is 11.2. The molecule has 1 aromatic carbocycles. The summed E-state index contributed by atoms with van der Waals surface area (Å²) in [4.78, 5) is 11.9. The van der Waals surface area contributed by atoms with Crippen LogP contribution in [0.3, 0.4) is 0 Å². The van der Waals surface area contributed by atoms with Gasteiger partial charge in [0.15, 0.2) is 0 Å². The van der Waals surface area contributed by atoms with Crippen LogP contribution in [-0.4, -0.2) is 11.9 Å². The quantitative estimate of drug-likeness (QED) is 0.850. The number of benzene rings is 1. The molecule has 1 heterocycles. The van der Waals surface area contributed by atoms with Gasteiger partial charge in [0.1, 0.15) is 0 Å². The molecule has 18 heavy (non-hydrogen) atoms. The van der Waals surface area contributed by atoms with Crippen LogP contribution in [0, 0.1) is 5.92 Å². The van der Waals surface area contributed by atoms with Crippen LogP contribution in [0.1, 0.15) is 44.2 Å². The molecule has 0 saturated carbocycles. The Labute approximate surface area is 109 Å². The van der Waals surface area contributed by atoms with Gasteiger partial charge in [0.2, 0.25) is 5.91 Å². The van der Waals surface area contributed by atoms with E-state index in [1.54, 1.807) is 0 Å². The number of nitrogens with one attached hydrogen (secondary N) is 1. The fourth-order valence-electron chi connectivity index (χ4n) is 3.81. The van der Waals surface area contributed by atoms with Crippen molar-refractivity contribution in [3.63, 3.8) is 0 Å². The standard InChI is InChI=1S/C16H21NO/c1-11(2)9-14-16(10-15(18)17-14)8-7-12-5-3-4-6-13(12)16/h3-6,11,14H,7-10H2,1-2H3,(H,17,18). The summed E-state index contributed by atoms with van der Waals surface area (Å²) in [5.74, 6) is 0.857. The number of hydrogen-bond acceptors (Lipinski definition) is 1. The van der Waals surface area contributed by atoms with Gasteiger partial charge >= 0.3 is 0 Å². The lowest BCUT2D eigenvalue weighted by atomic mass is 9.73. The fraction of sp³-hybridized carbons (Fsp3) is 0.562. The summed E-state index contributed by atoms with van der Waals surface area (Å²) in [6, 6.07) is 9.00. The largest absolute Gasteiger partial charge is 0.352 e. The predicted molar refractivity (Wildman–Crippen MR) is 72.4 cm³/mol. The van der Waals surface area contributed by atoms with Crippen molar-refractivity contribution < 1.29 is 4.79 Å². The number of hydrogen-bond donors (Lipinski definition) is 1. The van der Waals surface area contributed by atoms with E-state index in [1.807, 2.05) is 0 Å². The minimum Gasteiger partial charge on any atom is -0.352 e. The van der Waals surface area contributed by atoms with Crippen molar-refractivity contribution in [2.24, 2.45) is 5.92 Å². The van der Waals surface area contributed by atoms with E-state index >= 15 is 0 Å². The van der Waals surface area contributed by atoms with Crippen LogP contribution < -0.4 is 5.32 Å². The molecule has 2 aliphatic rings. The SMILES string of the molecule is CC(C)CC1NC(=O)CC12CCc1ccccc12. The molecular formula is C16H21NO. The first-order valence-electron chi connectivity index (χ1n) is 6.99. The molecule has 0 radical (unpaired) electrons. The number of amides is 1. The van der Waals surface area contributed by atoms with E-state index in [4.69, 9.17) is 0 Å². The molecular weight excluding hydrogens is 222 g/mol. The molecule has 0 aromatic heterocycles. The first-order valence-corrected chi connectivity index (χ1v) is 6.99. The molecule has 1 amide bonds. The molecule has 1 aliphatic heterocycles. The van der Waals surface area contributed by atoms with Crippen molar-refractivity contribution >= 4 is 5.91 Å². The average molecular weight is 243 g/mol. The molecule has 2 heteroatoms. The number of carbonyl (C=O) groups is 1. The van der Waals surface area contributed by atoms with Crippen molar-refractivity contribution in [3.8, 4) is 0 Å². The smallest absolute Gasteiger partial charge is 0.221 e. The molecule has 1 aliphatic carbocycles. The fourth-order valence-corrected chi connectivity index (χ4v) is 3.81. The highest BCUT2D eigenvalue weighted by molar-refractivity contribution is 5.82. The first-order chi connectivity index (χ1) is 8.62. The van der Waals surface area contributed by atoms with Gasteiger partial charge in [-0.3, -0.25) is 4.79 Å². The molecule has 3 rings (SSSR count). The van der Waals surface area contributed by atoms with E-state index in [-0.39, 0.29) is 11.3 Å². The van der Waals surface area contributed by atoms with Gasteiger partial charge in [0.25, 0.3) is 0 Å². The second-order valence-corrected chi connectivity index (χ2v) is 6.24. The Hall–Kier alpha value is -1.31. The number of carbonyl (C=O) groups excluding carboxylic acids is 1. The number of fused-ring (bicyclic) bond motifs is 2. The Balaban J connectivity index is 2.01. The maximum absolute atomic E-state index is 11.9. The van der Waals surface area contributed by atoms with E-state index in [1.165, 1.54) is 11.1 Å². The van der Waals surface area contributed by atoms with Crippen LogP contribution >= 0.6 is 0 Å². The lowest BCUT2D eigenvalue weighted by Gasteiger charge is -2.32. The predicted octanol–water partition coefficient (Wildman–Crippen LogP) is 2.81. The Morgan fingerprint density at radius 2 is 2.17 bits per heavy atom. The molecule has 1 fully saturated rings. The Kier molecular flexibility index (Phi) is 2.69. The van der Waals surface area contributed by atoms with Crippen molar-refractivity contribution in [2.75, 3.05) is 0 Å². The van der Waals surface area contributed by atoms with E-state index in [9.17, 15) is 4.79 Å². The van der Waals surface area contributed by atoms with E-state index in [0.29, 0.717) is 18.4 Å². The van der Waals surface area contributed by atoms with Crippen LogP contribution in [0.2, 0.25) is 0 Å². The number of aryl methyl sites for hydroxylation is 1. The summed E-state index contributed by atoms with van der Waals surface area (Å²) in [6.07, 6.45) is 4.02. The second kappa shape index (κ2) is 4.11. The number of rotatable bonds is 2. The van der Waals surface area contributed by atoms with Crippen molar-refractivity contribution in [3.05, 3.63) is 35.4 Å². The molecule has 2 unspecified atom stereocenters. The van der Waals surface area contributed by atoms with E-state index < -0.39 is 0 Å². The highest BCUT2D eigenvalue weighted by Gasteiger charge is 2.50. The van der Waals surface area contributed by atoms with Gasteiger partial charge in [0, 0.05) is 17.9 Å². The Morgan fingerprint density at radius 1 is 1.39 bits per heavy atom. The van der Waals surface area contributed by atoms with Crippen molar-refractivity contribution in [1.82, 2.24) is 5.32 Å². The highest BCUT2D eigenvalue weighted by atomic mass is 16.2. The van der Waals surface area contributed by atoms with Crippen LogP contribution in [0.15, 0.2) is 24.3 Å². The molecule has 0 bridgehead atoms. The average Bonchev–Trinajstić information content (AvgIpc) is 2.83. The first kappa shape index (κ1) is 11.8. The van der Waals surface area contributed by atoms with Gasteiger partial charge in [-0.1, -0.05) is 38.1 Å². The van der Waals surface area contributed by atoms with E-state index in [2.05, 4.69) is 43.4 Å². The van der Waals surface area contributed by atoms with E-state index in [0.717, 1.165) is 19.3 Å². The van der Waals surface area contributed by atoms with Gasteiger partial charge in [-0.15, -0.1) is 0 Å². The molecule has 2 nitrogen and oxygen atoms in total. The maximum Gasteiger partial charge on any atom is 0.221 e. The zero-order valence-electron chi connectivity index (χ0n) is 11.2. The molecule has 1 aromatic rings. The van der Waals surface area contributed by atoms with Crippen molar-refractivity contribution in [2.45, 2.75) is 51.0 Å². The molecule has 1 saturated heterocycles. The van der Waals surface area contributed by atoms with Gasteiger partial charge in [0.05, 0.1) is 0 Å². The van der Waals surface area contributed by atoms with Crippen LogP contribution in [0.4, 0.5) is 0 Å². The maximum atomic E-state index is 11.9. The summed E-state index contributed by atoms with van der Waals surface area (Å²) in [5.41, 5.74) is 2.95. The summed E-state index contributed by atoms with van der Waals surface area (Å²) in [6.45, 7) is 4.47. The molecule has 1 spiro atoms. The van der Waals surface area contributed by atoms with Crippen molar-refractivity contribution in [1.29, 1.82) is 0 Å². The third kappa shape index (κ3) is 1.66. The van der Waals surface area contributed by atoms with Gasteiger partial charge < -0.3 is 5.32 Å². The summed E-state index contributed by atoms with van der Waals surface area (Å²) in [5, 5.41) is 3.22. The van der Waals surface area contributed by atoms with Gasteiger partial charge in [-0.05, 0) is 36.3 Å². The molecule has 96 valence electrons. The summed E-state index contributed by atoms with van der Waals surface area (Å²) in [7, 11) is 0. The molecule has 2 atom stereocenters. The zero-order chi connectivity index (χ0) is 12.8. The summed E-state index contributed by atoms with van der Waals surface area (Å²) >= 11 is 0.